The summed E-state index contributed by atoms with van der Waals surface area (Å²) in [4.78, 5) is 0. The first-order chi connectivity index (χ1) is 7.58. The summed E-state index contributed by atoms with van der Waals surface area (Å²) in [5, 5.41) is 9.72. The van der Waals surface area contributed by atoms with Crippen molar-refractivity contribution in [2.45, 2.75) is 18.9 Å². The Balaban J connectivity index is 2.02. The first-order valence-corrected chi connectivity index (χ1v) is 7.41. The Morgan fingerprint density at radius 1 is 1.25 bits per heavy atom. The molecule has 2 rings (SSSR count). The fourth-order valence-electron chi connectivity index (χ4n) is 1.45. The van der Waals surface area contributed by atoms with Gasteiger partial charge in [0.05, 0.1) is 15.0 Å². The van der Waals surface area contributed by atoms with E-state index >= 15 is 0 Å². The standard InChI is InChI=1S/C11H11Br3O2/c12-7-3-8(13)11(9(14)4-7)16-5-10(15)6-1-2-6/h3-4,6,10,15H,1-2,5H2. The van der Waals surface area contributed by atoms with Crippen molar-refractivity contribution >= 4 is 47.8 Å². The lowest BCUT2D eigenvalue weighted by Gasteiger charge is -2.14. The van der Waals surface area contributed by atoms with Crippen LogP contribution < -0.4 is 4.74 Å². The molecule has 0 aromatic heterocycles. The van der Waals surface area contributed by atoms with Crippen molar-refractivity contribution in [2.24, 2.45) is 5.92 Å². The zero-order chi connectivity index (χ0) is 11.7. The van der Waals surface area contributed by atoms with E-state index in [-0.39, 0.29) is 6.10 Å². The van der Waals surface area contributed by atoms with Gasteiger partial charge in [0, 0.05) is 4.47 Å². The van der Waals surface area contributed by atoms with Gasteiger partial charge in [0.1, 0.15) is 12.4 Å². The van der Waals surface area contributed by atoms with Crippen LogP contribution in [0.1, 0.15) is 12.8 Å². The van der Waals surface area contributed by atoms with Gasteiger partial charge in [-0.05, 0) is 62.8 Å². The molecule has 5 heteroatoms. The van der Waals surface area contributed by atoms with Crippen LogP contribution in [0.25, 0.3) is 0 Å². The lowest BCUT2D eigenvalue weighted by Crippen LogP contribution is -2.19. The number of hydrogen-bond acceptors (Lipinski definition) is 2. The first kappa shape index (κ1) is 12.9. The van der Waals surface area contributed by atoms with Crippen molar-refractivity contribution in [1.29, 1.82) is 0 Å². The van der Waals surface area contributed by atoms with E-state index in [0.717, 1.165) is 32.0 Å². The first-order valence-electron chi connectivity index (χ1n) is 5.03. The quantitative estimate of drug-likeness (QED) is 0.803. The smallest absolute Gasteiger partial charge is 0.147 e. The highest BCUT2D eigenvalue weighted by Crippen LogP contribution is 2.38. The fraction of sp³-hybridized carbons (Fsp3) is 0.455. The summed E-state index contributed by atoms with van der Waals surface area (Å²) < 4.78 is 8.34. The normalized spacial score (nSPS) is 17.2. The summed E-state index contributed by atoms with van der Waals surface area (Å²) in [6.07, 6.45) is 1.89. The second kappa shape index (κ2) is 5.38. The molecule has 16 heavy (non-hydrogen) atoms. The molecule has 0 amide bonds. The maximum atomic E-state index is 9.72. The molecule has 1 aromatic rings. The number of aliphatic hydroxyl groups is 1. The fourth-order valence-corrected chi connectivity index (χ4v) is 3.94. The summed E-state index contributed by atoms with van der Waals surface area (Å²) >= 11 is 10.3. The van der Waals surface area contributed by atoms with Crippen LogP contribution in [0.4, 0.5) is 0 Å². The Hall–Kier alpha value is 0.420. The van der Waals surface area contributed by atoms with Gasteiger partial charge < -0.3 is 9.84 Å². The predicted molar refractivity (Wildman–Crippen MR) is 73.8 cm³/mol. The van der Waals surface area contributed by atoms with Crippen molar-refractivity contribution in [3.05, 3.63) is 25.6 Å². The molecule has 1 aliphatic rings. The average molecular weight is 415 g/mol. The Morgan fingerprint density at radius 3 is 2.31 bits per heavy atom. The number of benzene rings is 1. The minimum absolute atomic E-state index is 0.345. The predicted octanol–water partition coefficient (Wildman–Crippen LogP) is 4.12. The molecule has 1 atom stereocenters. The highest BCUT2D eigenvalue weighted by atomic mass is 79.9. The van der Waals surface area contributed by atoms with Crippen LogP contribution in [-0.4, -0.2) is 17.8 Å². The third-order valence-electron chi connectivity index (χ3n) is 2.53. The molecule has 0 bridgehead atoms. The molecular formula is C11H11Br3O2. The molecule has 0 radical (unpaired) electrons. The molecule has 1 fully saturated rings. The van der Waals surface area contributed by atoms with Gasteiger partial charge in [-0.2, -0.15) is 0 Å². The van der Waals surface area contributed by atoms with Gasteiger partial charge in [-0.1, -0.05) is 15.9 Å². The Morgan fingerprint density at radius 2 is 1.81 bits per heavy atom. The molecule has 88 valence electrons. The zero-order valence-electron chi connectivity index (χ0n) is 8.42. The van der Waals surface area contributed by atoms with Gasteiger partial charge in [-0.25, -0.2) is 0 Å². The van der Waals surface area contributed by atoms with Crippen LogP contribution >= 0.6 is 47.8 Å². The van der Waals surface area contributed by atoms with E-state index in [1.807, 2.05) is 12.1 Å². The molecule has 0 heterocycles. The Bertz CT molecular complexity index is 368. The number of aliphatic hydroxyl groups excluding tert-OH is 1. The molecule has 1 N–H and O–H groups in total. The lowest BCUT2D eigenvalue weighted by atomic mass is 10.2. The average Bonchev–Trinajstić information content (AvgIpc) is 2.98. The summed E-state index contributed by atoms with van der Waals surface area (Å²) in [6, 6.07) is 3.84. The van der Waals surface area contributed by atoms with E-state index in [9.17, 15) is 5.11 Å². The molecule has 1 aliphatic carbocycles. The maximum Gasteiger partial charge on any atom is 0.147 e. The molecule has 0 aliphatic heterocycles. The number of halogens is 3. The summed E-state index contributed by atoms with van der Waals surface area (Å²) in [7, 11) is 0. The molecule has 1 aromatic carbocycles. The van der Waals surface area contributed by atoms with Crippen LogP contribution in [0.5, 0.6) is 5.75 Å². The zero-order valence-corrected chi connectivity index (χ0v) is 13.2. The van der Waals surface area contributed by atoms with Crippen molar-refractivity contribution in [3.8, 4) is 5.75 Å². The molecule has 0 saturated heterocycles. The van der Waals surface area contributed by atoms with E-state index in [4.69, 9.17) is 4.74 Å². The summed E-state index contributed by atoms with van der Waals surface area (Å²) in [6.45, 7) is 0.351. The van der Waals surface area contributed by atoms with E-state index < -0.39 is 0 Å². The molecule has 0 spiro atoms. The largest absolute Gasteiger partial charge is 0.489 e. The number of hydrogen-bond donors (Lipinski definition) is 1. The van der Waals surface area contributed by atoms with Gasteiger partial charge in [0.15, 0.2) is 0 Å². The third-order valence-corrected chi connectivity index (χ3v) is 4.16. The number of ether oxygens (including phenoxy) is 1. The molecule has 1 saturated carbocycles. The van der Waals surface area contributed by atoms with E-state index in [2.05, 4.69) is 47.8 Å². The minimum atomic E-state index is -0.345. The SMILES string of the molecule is OC(COc1c(Br)cc(Br)cc1Br)C1CC1. The second-order valence-corrected chi connectivity index (χ2v) is 6.54. The maximum absolute atomic E-state index is 9.72. The van der Waals surface area contributed by atoms with Crippen LogP contribution in [-0.2, 0) is 0 Å². The summed E-state index contributed by atoms with van der Waals surface area (Å²) in [5.41, 5.74) is 0. The van der Waals surface area contributed by atoms with Crippen LogP contribution in [0, 0.1) is 5.92 Å². The minimum Gasteiger partial charge on any atom is -0.489 e. The van der Waals surface area contributed by atoms with Gasteiger partial charge in [0.25, 0.3) is 0 Å². The van der Waals surface area contributed by atoms with Gasteiger partial charge in [-0.3, -0.25) is 0 Å². The molecular weight excluding hydrogens is 404 g/mol. The third kappa shape index (κ3) is 3.22. The number of rotatable bonds is 4. The monoisotopic (exact) mass is 412 g/mol. The van der Waals surface area contributed by atoms with E-state index in [0.29, 0.717) is 12.5 Å². The van der Waals surface area contributed by atoms with Crippen LogP contribution in [0.3, 0.4) is 0 Å². The lowest BCUT2D eigenvalue weighted by molar-refractivity contribution is 0.0887. The summed E-state index contributed by atoms with van der Waals surface area (Å²) in [5.74, 6) is 1.18. The van der Waals surface area contributed by atoms with Gasteiger partial charge >= 0.3 is 0 Å². The second-order valence-electron chi connectivity index (χ2n) is 3.91. The van der Waals surface area contributed by atoms with E-state index in [1.165, 1.54) is 0 Å². The van der Waals surface area contributed by atoms with Crippen molar-refractivity contribution in [1.82, 2.24) is 0 Å². The highest BCUT2D eigenvalue weighted by molar-refractivity contribution is 9.11. The van der Waals surface area contributed by atoms with E-state index in [1.54, 1.807) is 0 Å². The van der Waals surface area contributed by atoms with Gasteiger partial charge in [-0.15, -0.1) is 0 Å². The highest BCUT2D eigenvalue weighted by Gasteiger charge is 2.30. The van der Waals surface area contributed by atoms with Crippen molar-refractivity contribution < 1.29 is 9.84 Å². The van der Waals surface area contributed by atoms with Crippen molar-refractivity contribution in [3.63, 3.8) is 0 Å². The van der Waals surface area contributed by atoms with Gasteiger partial charge in [0.2, 0.25) is 0 Å². The Kier molecular flexibility index (Phi) is 4.32. The van der Waals surface area contributed by atoms with Crippen LogP contribution in [0.2, 0.25) is 0 Å². The van der Waals surface area contributed by atoms with Crippen LogP contribution in [0.15, 0.2) is 25.6 Å². The molecule has 2 nitrogen and oxygen atoms in total. The molecule has 1 unspecified atom stereocenters. The van der Waals surface area contributed by atoms with Crippen molar-refractivity contribution in [2.75, 3.05) is 6.61 Å². The topological polar surface area (TPSA) is 29.5 Å². The Labute approximate surface area is 120 Å².